The van der Waals surface area contributed by atoms with Gasteiger partial charge >= 0.3 is 0 Å². The predicted molar refractivity (Wildman–Crippen MR) is 100 cm³/mol. The van der Waals surface area contributed by atoms with Crippen LogP contribution in [0.2, 0.25) is 5.15 Å². The van der Waals surface area contributed by atoms with Crippen molar-refractivity contribution < 1.29 is 4.79 Å². The number of carbonyl (C=O) groups is 1. The summed E-state index contributed by atoms with van der Waals surface area (Å²) in [6, 6.07) is 5.87. The summed E-state index contributed by atoms with van der Waals surface area (Å²) < 4.78 is 1.88. The lowest BCUT2D eigenvalue weighted by Crippen LogP contribution is -2.48. The summed E-state index contributed by atoms with van der Waals surface area (Å²) in [7, 11) is 0. The number of halogens is 1. The van der Waals surface area contributed by atoms with Crippen LogP contribution >= 0.6 is 22.9 Å². The van der Waals surface area contributed by atoms with E-state index in [9.17, 15) is 4.79 Å². The van der Waals surface area contributed by atoms with E-state index in [1.807, 2.05) is 39.1 Å². The number of carbonyl (C=O) groups excluding carboxylic acids is 1. The molecule has 0 spiro atoms. The second kappa shape index (κ2) is 6.85. The molecule has 1 aliphatic rings. The van der Waals surface area contributed by atoms with E-state index < -0.39 is 0 Å². The van der Waals surface area contributed by atoms with Gasteiger partial charge in [-0.25, -0.2) is 9.97 Å². The molecule has 4 rings (SSSR count). The van der Waals surface area contributed by atoms with Gasteiger partial charge in [0, 0.05) is 50.0 Å². The van der Waals surface area contributed by atoms with Crippen LogP contribution in [0, 0.1) is 0 Å². The van der Waals surface area contributed by atoms with Crippen molar-refractivity contribution >= 4 is 45.7 Å². The molecule has 128 valence electrons. The van der Waals surface area contributed by atoms with E-state index in [2.05, 4.69) is 14.9 Å². The monoisotopic (exact) mass is 373 g/mol. The van der Waals surface area contributed by atoms with Gasteiger partial charge in [0.2, 0.25) is 5.91 Å². The van der Waals surface area contributed by atoms with Crippen LogP contribution in [0.5, 0.6) is 0 Å². The fourth-order valence-corrected chi connectivity index (χ4v) is 3.88. The third-order valence-electron chi connectivity index (χ3n) is 4.20. The number of fused-ring (bicyclic) bond motifs is 1. The summed E-state index contributed by atoms with van der Waals surface area (Å²) in [6.07, 6.45) is 7.00. The van der Waals surface area contributed by atoms with Crippen LogP contribution in [0.4, 0.5) is 5.82 Å². The highest BCUT2D eigenvalue weighted by molar-refractivity contribution is 7.15. The summed E-state index contributed by atoms with van der Waals surface area (Å²) in [4.78, 5) is 25.9. The quantitative estimate of drug-likeness (QED) is 0.662. The smallest absolute Gasteiger partial charge is 0.246 e. The van der Waals surface area contributed by atoms with Crippen LogP contribution in [0.1, 0.15) is 5.69 Å². The Morgan fingerprint density at radius 3 is 2.84 bits per heavy atom. The Morgan fingerprint density at radius 2 is 2.08 bits per heavy atom. The maximum Gasteiger partial charge on any atom is 0.246 e. The highest BCUT2D eigenvalue weighted by atomic mass is 35.5. The van der Waals surface area contributed by atoms with Crippen LogP contribution in [0.25, 0.3) is 11.0 Å². The van der Waals surface area contributed by atoms with Crippen molar-refractivity contribution in [3.63, 3.8) is 0 Å². The average Bonchev–Trinajstić information content (AvgIpc) is 3.21. The first-order chi connectivity index (χ1) is 12.2. The number of hydrogen-bond donors (Lipinski definition) is 0. The Labute approximate surface area is 154 Å². The lowest BCUT2D eigenvalue weighted by molar-refractivity contribution is -0.126. The summed E-state index contributed by atoms with van der Waals surface area (Å²) in [6.45, 7) is 2.90. The lowest BCUT2D eigenvalue weighted by atomic mass is 10.3. The molecule has 1 saturated heterocycles. The van der Waals surface area contributed by atoms with E-state index in [1.165, 1.54) is 11.3 Å². The van der Waals surface area contributed by atoms with Crippen molar-refractivity contribution in [3.05, 3.63) is 52.9 Å². The van der Waals surface area contributed by atoms with Gasteiger partial charge in [0.25, 0.3) is 0 Å². The Balaban J connectivity index is 1.41. The minimum absolute atomic E-state index is 0.0121. The Hall–Kier alpha value is -2.38. The Bertz CT molecular complexity index is 912. The van der Waals surface area contributed by atoms with Gasteiger partial charge in [0.1, 0.15) is 5.82 Å². The zero-order valence-electron chi connectivity index (χ0n) is 13.4. The number of pyridine rings is 1. The second-order valence-corrected chi connectivity index (χ2v) is 6.91. The van der Waals surface area contributed by atoms with Gasteiger partial charge in [-0.05, 0) is 18.2 Å². The molecular weight excluding hydrogens is 358 g/mol. The number of imidazole rings is 1. The van der Waals surface area contributed by atoms with Crippen molar-refractivity contribution in [3.8, 4) is 0 Å². The largest absolute Gasteiger partial charge is 0.353 e. The molecule has 8 heteroatoms. The van der Waals surface area contributed by atoms with Crippen molar-refractivity contribution in [2.75, 3.05) is 31.1 Å². The van der Waals surface area contributed by atoms with Crippen LogP contribution in [0.15, 0.2) is 42.0 Å². The van der Waals surface area contributed by atoms with Crippen LogP contribution in [0.3, 0.4) is 0 Å². The van der Waals surface area contributed by atoms with E-state index >= 15 is 0 Å². The molecule has 25 heavy (non-hydrogen) atoms. The molecule has 0 N–H and O–H groups in total. The van der Waals surface area contributed by atoms with Gasteiger partial charge in [-0.15, -0.1) is 11.3 Å². The molecule has 4 heterocycles. The van der Waals surface area contributed by atoms with Gasteiger partial charge < -0.3 is 9.80 Å². The third kappa shape index (κ3) is 3.25. The first-order valence-electron chi connectivity index (χ1n) is 7.96. The molecular formula is C17H16ClN5OS. The SMILES string of the molecule is O=C(/C=C/c1c(Cl)nc2sccn12)N1CCN(c2ccccn2)CC1. The van der Waals surface area contributed by atoms with E-state index in [-0.39, 0.29) is 5.91 Å². The lowest BCUT2D eigenvalue weighted by Gasteiger charge is -2.34. The van der Waals surface area contributed by atoms with Gasteiger partial charge in [0.15, 0.2) is 10.1 Å². The topological polar surface area (TPSA) is 53.7 Å². The third-order valence-corrected chi connectivity index (χ3v) is 5.24. The molecule has 0 saturated carbocycles. The summed E-state index contributed by atoms with van der Waals surface area (Å²) in [5.41, 5.74) is 0.735. The molecule has 3 aromatic rings. The maximum absolute atomic E-state index is 12.5. The van der Waals surface area contributed by atoms with Crippen molar-refractivity contribution in [2.45, 2.75) is 0 Å². The first-order valence-corrected chi connectivity index (χ1v) is 9.22. The molecule has 0 unspecified atom stereocenters. The molecule has 0 bridgehead atoms. The number of thiazole rings is 1. The normalized spacial score (nSPS) is 15.4. The molecule has 1 amide bonds. The number of rotatable bonds is 3. The van der Waals surface area contributed by atoms with E-state index in [4.69, 9.17) is 11.6 Å². The van der Waals surface area contributed by atoms with Gasteiger partial charge in [0.05, 0.1) is 5.69 Å². The maximum atomic E-state index is 12.5. The molecule has 0 aromatic carbocycles. The van der Waals surface area contributed by atoms with Crippen LogP contribution < -0.4 is 4.90 Å². The molecule has 0 radical (unpaired) electrons. The molecule has 6 nitrogen and oxygen atoms in total. The van der Waals surface area contributed by atoms with Crippen molar-refractivity contribution in [2.24, 2.45) is 0 Å². The standard InChI is InChI=1S/C17H16ClN5OS/c18-16-13(23-11-12-25-17(23)20-16)4-5-15(24)22-9-7-21(8-10-22)14-3-1-2-6-19-14/h1-6,11-12H,7-10H2/b5-4+. The van der Waals surface area contributed by atoms with Gasteiger partial charge in [-0.2, -0.15) is 0 Å². The van der Waals surface area contributed by atoms with Crippen LogP contribution in [-0.2, 0) is 4.79 Å². The zero-order valence-corrected chi connectivity index (χ0v) is 15.0. The fourth-order valence-electron chi connectivity index (χ4n) is 2.88. The predicted octanol–water partition coefficient (Wildman–Crippen LogP) is 2.81. The van der Waals surface area contributed by atoms with E-state index in [1.54, 1.807) is 18.3 Å². The fraction of sp³-hybridized carbons (Fsp3) is 0.235. The second-order valence-electron chi connectivity index (χ2n) is 5.68. The zero-order chi connectivity index (χ0) is 17.2. The number of hydrogen-bond acceptors (Lipinski definition) is 5. The van der Waals surface area contributed by atoms with E-state index in [0.717, 1.165) is 29.6 Å². The molecule has 0 atom stereocenters. The van der Waals surface area contributed by atoms with Gasteiger partial charge in [-0.1, -0.05) is 17.7 Å². The van der Waals surface area contributed by atoms with Crippen molar-refractivity contribution in [1.29, 1.82) is 0 Å². The summed E-state index contributed by atoms with van der Waals surface area (Å²) in [5.74, 6) is 0.943. The minimum atomic E-state index is -0.0121. The molecule has 1 fully saturated rings. The summed E-state index contributed by atoms with van der Waals surface area (Å²) in [5, 5.41) is 2.35. The number of aromatic nitrogens is 3. The molecule has 0 aliphatic carbocycles. The Kier molecular flexibility index (Phi) is 4.42. The first kappa shape index (κ1) is 16.1. The van der Waals surface area contributed by atoms with E-state index in [0.29, 0.717) is 18.2 Å². The molecule has 1 aliphatic heterocycles. The summed E-state index contributed by atoms with van der Waals surface area (Å²) >= 11 is 7.66. The van der Waals surface area contributed by atoms with Gasteiger partial charge in [-0.3, -0.25) is 9.20 Å². The number of amides is 1. The number of piperazine rings is 1. The number of nitrogens with zero attached hydrogens (tertiary/aromatic N) is 5. The minimum Gasteiger partial charge on any atom is -0.353 e. The Morgan fingerprint density at radius 1 is 1.24 bits per heavy atom. The van der Waals surface area contributed by atoms with Crippen molar-refractivity contribution in [1.82, 2.24) is 19.3 Å². The number of anilines is 1. The highest BCUT2D eigenvalue weighted by Gasteiger charge is 2.20. The van der Waals surface area contributed by atoms with Crippen LogP contribution in [-0.4, -0.2) is 51.4 Å². The average molecular weight is 374 g/mol. The molecule has 3 aromatic heterocycles. The highest BCUT2D eigenvalue weighted by Crippen LogP contribution is 2.22.